The van der Waals surface area contributed by atoms with E-state index in [1.165, 1.54) is 11.3 Å². The molecular weight excluding hydrogens is 543 g/mol. The molecule has 206 valence electrons. The zero-order chi connectivity index (χ0) is 27.7. The summed E-state index contributed by atoms with van der Waals surface area (Å²) < 4.78 is 12.3. The van der Waals surface area contributed by atoms with Crippen molar-refractivity contribution in [2.45, 2.75) is 10.6 Å². The Kier molecular flexibility index (Phi) is 9.46. The van der Waals surface area contributed by atoms with Gasteiger partial charge in [0.25, 0.3) is 0 Å². The molecule has 0 unspecified atom stereocenters. The van der Waals surface area contributed by atoms with Gasteiger partial charge in [-0.2, -0.15) is 5.26 Å². The minimum absolute atomic E-state index is 0.459. The maximum Gasteiger partial charge on any atom is 0.227 e. The van der Waals surface area contributed by atoms with E-state index in [-0.39, 0.29) is 0 Å². The van der Waals surface area contributed by atoms with Crippen molar-refractivity contribution in [2.75, 3.05) is 58.0 Å². The molecule has 9 nitrogen and oxygen atoms in total. The summed E-state index contributed by atoms with van der Waals surface area (Å²) in [5.74, 6) is 1.89. The SMILES string of the molecule is COc1cncc(-c2c(-c3ccnc(Nc4cccc(OCCCN5CCNCC5)c4)n3)sc(SC)c2C#N)c1. The average Bonchev–Trinajstić information content (AvgIpc) is 3.39. The quantitative estimate of drug-likeness (QED) is 0.182. The van der Waals surface area contributed by atoms with Crippen molar-refractivity contribution in [2.24, 2.45) is 0 Å². The number of rotatable bonds is 11. The number of benzene rings is 1. The summed E-state index contributed by atoms with van der Waals surface area (Å²) in [5, 5.41) is 16.7. The highest BCUT2D eigenvalue weighted by Gasteiger charge is 2.22. The van der Waals surface area contributed by atoms with Crippen LogP contribution in [-0.4, -0.2) is 72.5 Å². The van der Waals surface area contributed by atoms with Crippen molar-refractivity contribution >= 4 is 34.7 Å². The predicted octanol–water partition coefficient (Wildman–Crippen LogP) is 5.29. The van der Waals surface area contributed by atoms with Gasteiger partial charge in [-0.3, -0.25) is 4.98 Å². The van der Waals surface area contributed by atoms with Crippen LogP contribution in [0.2, 0.25) is 0 Å². The van der Waals surface area contributed by atoms with Crippen molar-refractivity contribution in [3.05, 3.63) is 60.6 Å². The molecule has 0 aliphatic carbocycles. The van der Waals surface area contributed by atoms with Gasteiger partial charge in [-0.1, -0.05) is 6.07 Å². The van der Waals surface area contributed by atoms with Crippen LogP contribution in [0, 0.1) is 11.3 Å². The molecule has 40 heavy (non-hydrogen) atoms. The molecule has 0 spiro atoms. The number of hydrogen-bond acceptors (Lipinski definition) is 11. The number of nitrogens with zero attached hydrogens (tertiary/aromatic N) is 5. The van der Waals surface area contributed by atoms with Crippen molar-refractivity contribution in [1.29, 1.82) is 5.26 Å². The molecule has 0 bridgehead atoms. The topological polar surface area (TPSA) is 108 Å². The Morgan fingerprint density at radius 1 is 1.18 bits per heavy atom. The van der Waals surface area contributed by atoms with E-state index in [0.717, 1.165) is 76.5 Å². The van der Waals surface area contributed by atoms with Gasteiger partial charge in [0.05, 0.1) is 40.3 Å². The first-order valence-electron chi connectivity index (χ1n) is 13.0. The Morgan fingerprint density at radius 2 is 2.05 bits per heavy atom. The Hall–Kier alpha value is -3.69. The Balaban J connectivity index is 1.33. The molecule has 0 saturated carbocycles. The van der Waals surface area contributed by atoms with E-state index >= 15 is 0 Å². The number of pyridine rings is 1. The third kappa shape index (κ3) is 6.71. The van der Waals surface area contributed by atoms with Gasteiger partial charge >= 0.3 is 0 Å². The second kappa shape index (κ2) is 13.6. The second-order valence-corrected chi connectivity index (χ2v) is 11.2. The van der Waals surface area contributed by atoms with Crippen LogP contribution in [0.25, 0.3) is 21.7 Å². The largest absolute Gasteiger partial charge is 0.495 e. The van der Waals surface area contributed by atoms with Gasteiger partial charge in [0.15, 0.2) is 0 Å². The van der Waals surface area contributed by atoms with Crippen LogP contribution < -0.4 is 20.1 Å². The van der Waals surface area contributed by atoms with E-state index in [2.05, 4.69) is 31.6 Å². The Labute approximate surface area is 242 Å². The molecule has 3 aromatic heterocycles. The number of piperazine rings is 1. The van der Waals surface area contributed by atoms with Crippen molar-refractivity contribution in [3.8, 4) is 39.3 Å². The van der Waals surface area contributed by atoms with E-state index in [1.54, 1.807) is 37.5 Å². The summed E-state index contributed by atoms with van der Waals surface area (Å²) in [6.45, 7) is 6.02. The standard InChI is InChI=1S/C29H31N7O2S2/c1-37-23-15-20(18-32-19-23)26-24(17-30)28(39-2)40-27(26)25-7-8-33-29(35-25)34-21-5-3-6-22(16-21)38-14-4-11-36-12-9-31-10-13-36/h3,5-8,15-16,18-19,31H,4,9-14H2,1-2H3,(H,33,34,35). The lowest BCUT2D eigenvalue weighted by Crippen LogP contribution is -2.43. The van der Waals surface area contributed by atoms with Crippen LogP contribution in [-0.2, 0) is 0 Å². The zero-order valence-corrected chi connectivity index (χ0v) is 24.1. The fourth-order valence-corrected chi connectivity index (χ4v) is 6.44. The Bertz CT molecular complexity index is 1480. The number of nitrogens with one attached hydrogen (secondary N) is 2. The van der Waals surface area contributed by atoms with E-state index in [0.29, 0.717) is 23.9 Å². The van der Waals surface area contributed by atoms with Gasteiger partial charge in [-0.15, -0.1) is 23.1 Å². The number of thioether (sulfide) groups is 1. The first kappa shape index (κ1) is 27.9. The number of ether oxygens (including phenoxy) is 2. The van der Waals surface area contributed by atoms with Crippen LogP contribution >= 0.6 is 23.1 Å². The van der Waals surface area contributed by atoms with Crippen LogP contribution in [0.4, 0.5) is 11.6 Å². The number of thiophene rings is 1. The molecule has 4 aromatic rings. The molecule has 1 aliphatic rings. The molecule has 0 amide bonds. The summed E-state index contributed by atoms with van der Waals surface area (Å²) in [7, 11) is 1.60. The van der Waals surface area contributed by atoms with Gasteiger partial charge in [0, 0.05) is 68.0 Å². The highest BCUT2D eigenvalue weighted by molar-refractivity contribution is 8.00. The summed E-state index contributed by atoms with van der Waals surface area (Å²) in [4.78, 5) is 16.9. The molecule has 4 heterocycles. The minimum atomic E-state index is 0.459. The summed E-state index contributed by atoms with van der Waals surface area (Å²) in [6, 6.07) is 14.0. The normalized spacial score (nSPS) is 13.5. The molecule has 1 fully saturated rings. The highest BCUT2D eigenvalue weighted by Crippen LogP contribution is 2.46. The van der Waals surface area contributed by atoms with Crippen molar-refractivity contribution in [1.82, 2.24) is 25.2 Å². The van der Waals surface area contributed by atoms with Gasteiger partial charge in [-0.25, -0.2) is 9.97 Å². The molecule has 2 N–H and O–H groups in total. The van der Waals surface area contributed by atoms with Gasteiger partial charge < -0.3 is 25.0 Å². The van der Waals surface area contributed by atoms with Crippen LogP contribution in [0.15, 0.2) is 59.2 Å². The summed E-state index contributed by atoms with van der Waals surface area (Å²) in [5.41, 5.74) is 3.76. The number of nitriles is 1. The molecular formula is C29H31N7O2S2. The highest BCUT2D eigenvalue weighted by atomic mass is 32.2. The lowest BCUT2D eigenvalue weighted by atomic mass is 10.0. The zero-order valence-electron chi connectivity index (χ0n) is 22.5. The van der Waals surface area contributed by atoms with E-state index < -0.39 is 0 Å². The fourth-order valence-electron chi connectivity index (χ4n) is 4.53. The predicted molar refractivity (Wildman–Crippen MR) is 161 cm³/mol. The smallest absolute Gasteiger partial charge is 0.227 e. The summed E-state index contributed by atoms with van der Waals surface area (Å²) >= 11 is 3.08. The molecule has 1 aromatic carbocycles. The van der Waals surface area contributed by atoms with Crippen LogP contribution in [0.3, 0.4) is 0 Å². The van der Waals surface area contributed by atoms with E-state index in [1.807, 2.05) is 42.7 Å². The summed E-state index contributed by atoms with van der Waals surface area (Å²) in [6.07, 6.45) is 8.07. The van der Waals surface area contributed by atoms with Gasteiger partial charge in [0.2, 0.25) is 5.95 Å². The van der Waals surface area contributed by atoms with E-state index in [4.69, 9.17) is 14.5 Å². The molecule has 0 radical (unpaired) electrons. The average molecular weight is 574 g/mol. The number of aromatic nitrogens is 3. The lowest BCUT2D eigenvalue weighted by Gasteiger charge is -2.26. The molecule has 0 atom stereocenters. The number of hydrogen-bond donors (Lipinski definition) is 2. The maximum absolute atomic E-state index is 10.0. The van der Waals surface area contributed by atoms with Crippen molar-refractivity contribution in [3.63, 3.8) is 0 Å². The number of anilines is 2. The first-order valence-corrected chi connectivity index (χ1v) is 15.1. The van der Waals surface area contributed by atoms with Crippen molar-refractivity contribution < 1.29 is 9.47 Å². The maximum atomic E-state index is 10.0. The number of methoxy groups -OCH3 is 1. The molecule has 11 heteroatoms. The van der Waals surface area contributed by atoms with Crippen LogP contribution in [0.1, 0.15) is 12.0 Å². The van der Waals surface area contributed by atoms with E-state index in [9.17, 15) is 5.26 Å². The Morgan fingerprint density at radius 3 is 2.85 bits per heavy atom. The fraction of sp³-hybridized carbons (Fsp3) is 0.310. The molecule has 1 saturated heterocycles. The van der Waals surface area contributed by atoms with Gasteiger partial charge in [0.1, 0.15) is 17.6 Å². The van der Waals surface area contributed by atoms with Gasteiger partial charge in [-0.05, 0) is 36.9 Å². The first-order chi connectivity index (χ1) is 19.7. The van der Waals surface area contributed by atoms with Crippen LogP contribution in [0.5, 0.6) is 11.5 Å². The second-order valence-electron chi connectivity index (χ2n) is 9.11. The third-order valence-corrected chi connectivity index (χ3v) is 8.82. The molecule has 5 rings (SSSR count). The monoisotopic (exact) mass is 573 g/mol. The minimum Gasteiger partial charge on any atom is -0.495 e. The lowest BCUT2D eigenvalue weighted by molar-refractivity contribution is 0.214. The molecule has 1 aliphatic heterocycles. The third-order valence-electron chi connectivity index (χ3n) is 6.49.